The molecule has 2 aromatic carbocycles. The number of anilines is 1. The Hall–Kier alpha value is -2.46. The summed E-state index contributed by atoms with van der Waals surface area (Å²) in [5.41, 5.74) is 2.92. The monoisotopic (exact) mass is 321 g/mol. The summed E-state index contributed by atoms with van der Waals surface area (Å²) in [6.45, 7) is 5.13. The second-order valence-corrected chi connectivity index (χ2v) is 6.77. The third-order valence-electron chi connectivity index (χ3n) is 4.16. The van der Waals surface area contributed by atoms with Gasteiger partial charge in [0.1, 0.15) is 0 Å². The van der Waals surface area contributed by atoms with E-state index in [0.717, 1.165) is 28.6 Å². The second kappa shape index (κ2) is 6.97. The van der Waals surface area contributed by atoms with Crippen molar-refractivity contribution in [3.05, 3.63) is 54.6 Å². The summed E-state index contributed by atoms with van der Waals surface area (Å²) >= 11 is 0. The molecule has 0 atom stereocenters. The lowest BCUT2D eigenvalue weighted by Gasteiger charge is -2.24. The van der Waals surface area contributed by atoms with Crippen LogP contribution in [0.15, 0.2) is 54.6 Å². The minimum atomic E-state index is -0.0172. The molecule has 0 bridgehead atoms. The fourth-order valence-electron chi connectivity index (χ4n) is 2.68. The van der Waals surface area contributed by atoms with Crippen LogP contribution in [0.4, 0.5) is 5.95 Å². The van der Waals surface area contributed by atoms with Gasteiger partial charge in [-0.1, -0.05) is 62.4 Å². The molecular formula is C20H23N3O. The molecule has 4 heteroatoms. The lowest BCUT2D eigenvalue weighted by molar-refractivity contribution is 0.220. The van der Waals surface area contributed by atoms with Crippen molar-refractivity contribution in [2.24, 2.45) is 5.41 Å². The summed E-state index contributed by atoms with van der Waals surface area (Å²) in [5.74, 6) is 0.624. The van der Waals surface area contributed by atoms with Crippen molar-refractivity contribution in [3.63, 3.8) is 0 Å². The van der Waals surface area contributed by atoms with Crippen LogP contribution in [-0.2, 0) is 0 Å². The maximum Gasteiger partial charge on any atom is 0.223 e. The molecule has 0 amide bonds. The van der Waals surface area contributed by atoms with Crippen molar-refractivity contribution in [2.75, 3.05) is 18.5 Å². The summed E-state index contributed by atoms with van der Waals surface area (Å²) in [6, 6.07) is 18.2. The fraction of sp³-hybridized carbons (Fsp3) is 0.300. The van der Waals surface area contributed by atoms with Crippen LogP contribution >= 0.6 is 0 Å². The summed E-state index contributed by atoms with van der Waals surface area (Å²) < 4.78 is 0. The third-order valence-corrected chi connectivity index (χ3v) is 4.16. The lowest BCUT2D eigenvalue weighted by atomic mass is 9.90. The quantitative estimate of drug-likeness (QED) is 0.717. The van der Waals surface area contributed by atoms with E-state index in [-0.39, 0.29) is 12.0 Å². The van der Waals surface area contributed by atoms with Crippen LogP contribution in [0.1, 0.15) is 20.3 Å². The Kier molecular flexibility index (Phi) is 4.76. The van der Waals surface area contributed by atoms with Crippen LogP contribution in [0.2, 0.25) is 0 Å². The van der Waals surface area contributed by atoms with Gasteiger partial charge in [-0.15, -0.1) is 0 Å². The van der Waals surface area contributed by atoms with Crippen molar-refractivity contribution in [1.29, 1.82) is 0 Å². The molecule has 0 aliphatic rings. The minimum absolute atomic E-state index is 0.0172. The van der Waals surface area contributed by atoms with Crippen molar-refractivity contribution in [2.45, 2.75) is 20.3 Å². The number of para-hydroxylation sites is 1. The summed E-state index contributed by atoms with van der Waals surface area (Å²) in [7, 11) is 0. The predicted molar refractivity (Wildman–Crippen MR) is 98.9 cm³/mol. The van der Waals surface area contributed by atoms with Gasteiger partial charge < -0.3 is 10.4 Å². The van der Waals surface area contributed by atoms with Crippen molar-refractivity contribution < 1.29 is 5.11 Å². The molecule has 0 unspecified atom stereocenters. The number of rotatable bonds is 6. The number of aliphatic hydroxyl groups is 1. The number of hydrogen-bond acceptors (Lipinski definition) is 4. The Morgan fingerprint density at radius 2 is 1.67 bits per heavy atom. The molecule has 0 spiro atoms. The maximum atomic E-state index is 9.17. The zero-order chi connectivity index (χ0) is 17.0. The van der Waals surface area contributed by atoms with Gasteiger partial charge >= 0.3 is 0 Å². The van der Waals surface area contributed by atoms with Crippen molar-refractivity contribution in [3.8, 4) is 11.3 Å². The van der Waals surface area contributed by atoms with Crippen LogP contribution in [0.3, 0.4) is 0 Å². The largest absolute Gasteiger partial charge is 0.396 e. The number of aliphatic hydroxyl groups excluding tert-OH is 1. The Bertz CT molecular complexity index is 815. The number of hydrogen-bond donors (Lipinski definition) is 2. The third kappa shape index (κ3) is 3.71. The molecule has 4 nitrogen and oxygen atoms in total. The maximum absolute atomic E-state index is 9.17. The van der Waals surface area contributed by atoms with E-state index in [9.17, 15) is 5.11 Å². The molecule has 1 aromatic heterocycles. The summed E-state index contributed by atoms with van der Waals surface area (Å²) in [5, 5.41) is 13.6. The first-order chi connectivity index (χ1) is 11.6. The normalized spacial score (nSPS) is 11.6. The van der Waals surface area contributed by atoms with Gasteiger partial charge in [0.25, 0.3) is 0 Å². The van der Waals surface area contributed by atoms with Crippen LogP contribution < -0.4 is 5.32 Å². The van der Waals surface area contributed by atoms with E-state index < -0.39 is 0 Å². The molecule has 0 aliphatic heterocycles. The van der Waals surface area contributed by atoms with Gasteiger partial charge in [-0.3, -0.25) is 0 Å². The van der Waals surface area contributed by atoms with Gasteiger partial charge in [0.05, 0.1) is 11.2 Å². The smallest absolute Gasteiger partial charge is 0.223 e. The lowest BCUT2D eigenvalue weighted by Crippen LogP contribution is -2.25. The molecule has 0 radical (unpaired) electrons. The van der Waals surface area contributed by atoms with Gasteiger partial charge in [-0.2, -0.15) is 0 Å². The van der Waals surface area contributed by atoms with Crippen LogP contribution in [0.5, 0.6) is 0 Å². The zero-order valence-electron chi connectivity index (χ0n) is 14.2. The first-order valence-corrected chi connectivity index (χ1v) is 8.26. The first kappa shape index (κ1) is 16.4. The van der Waals surface area contributed by atoms with E-state index in [4.69, 9.17) is 4.98 Å². The SMILES string of the molecule is CC(C)(CCO)CNc1nc(-c2ccccc2)c2ccccc2n1. The van der Waals surface area contributed by atoms with Gasteiger partial charge in [0.2, 0.25) is 5.95 Å². The number of aromatic nitrogens is 2. The van der Waals surface area contributed by atoms with Crippen molar-refractivity contribution >= 4 is 16.9 Å². The van der Waals surface area contributed by atoms with Crippen molar-refractivity contribution in [1.82, 2.24) is 9.97 Å². The van der Waals surface area contributed by atoms with E-state index >= 15 is 0 Å². The van der Waals surface area contributed by atoms with E-state index in [1.807, 2.05) is 36.4 Å². The number of nitrogens with zero attached hydrogens (tertiary/aromatic N) is 2. The molecule has 24 heavy (non-hydrogen) atoms. The molecule has 0 fully saturated rings. The van der Waals surface area contributed by atoms with E-state index in [1.54, 1.807) is 0 Å². The van der Waals surface area contributed by atoms with Gasteiger partial charge in [0.15, 0.2) is 0 Å². The highest BCUT2D eigenvalue weighted by Gasteiger charge is 2.18. The first-order valence-electron chi connectivity index (χ1n) is 8.26. The Balaban J connectivity index is 1.98. The Morgan fingerprint density at radius 1 is 0.958 bits per heavy atom. The fourth-order valence-corrected chi connectivity index (χ4v) is 2.68. The highest BCUT2D eigenvalue weighted by atomic mass is 16.3. The highest BCUT2D eigenvalue weighted by Crippen LogP contribution is 2.27. The molecule has 3 aromatic rings. The molecule has 2 N–H and O–H groups in total. The minimum Gasteiger partial charge on any atom is -0.396 e. The molecule has 3 rings (SSSR count). The number of fused-ring (bicyclic) bond motifs is 1. The van der Waals surface area contributed by atoms with Gasteiger partial charge in [-0.05, 0) is 17.9 Å². The summed E-state index contributed by atoms with van der Waals surface area (Å²) in [6.07, 6.45) is 0.735. The standard InChI is InChI=1S/C20H23N3O/c1-20(2,12-13-24)14-21-19-22-17-11-7-6-10-16(17)18(23-19)15-8-4-3-5-9-15/h3-11,24H,12-14H2,1-2H3,(H,21,22,23). The van der Waals surface area contributed by atoms with E-state index in [2.05, 4.69) is 42.3 Å². The van der Waals surface area contributed by atoms with E-state index in [0.29, 0.717) is 12.5 Å². The topological polar surface area (TPSA) is 58.0 Å². The van der Waals surface area contributed by atoms with Gasteiger partial charge in [-0.25, -0.2) is 9.97 Å². The highest BCUT2D eigenvalue weighted by molar-refractivity contribution is 5.93. The van der Waals surface area contributed by atoms with Gasteiger partial charge in [0, 0.05) is 24.1 Å². The average molecular weight is 321 g/mol. The van der Waals surface area contributed by atoms with Crippen LogP contribution in [0, 0.1) is 5.41 Å². The van der Waals surface area contributed by atoms with Crippen LogP contribution in [-0.4, -0.2) is 28.2 Å². The zero-order valence-corrected chi connectivity index (χ0v) is 14.2. The second-order valence-electron chi connectivity index (χ2n) is 6.77. The molecule has 0 saturated carbocycles. The average Bonchev–Trinajstić information content (AvgIpc) is 2.60. The Morgan fingerprint density at radius 3 is 2.42 bits per heavy atom. The molecule has 0 saturated heterocycles. The number of benzene rings is 2. The molecule has 0 aliphatic carbocycles. The molecule has 124 valence electrons. The Labute approximate surface area is 142 Å². The van der Waals surface area contributed by atoms with Crippen LogP contribution in [0.25, 0.3) is 22.2 Å². The predicted octanol–water partition coefficient (Wildman–Crippen LogP) is 4.12. The molecule has 1 heterocycles. The molecular weight excluding hydrogens is 298 g/mol. The number of nitrogens with one attached hydrogen (secondary N) is 1. The van der Waals surface area contributed by atoms with E-state index in [1.165, 1.54) is 0 Å². The summed E-state index contributed by atoms with van der Waals surface area (Å²) in [4.78, 5) is 9.39.